The summed E-state index contributed by atoms with van der Waals surface area (Å²) in [6, 6.07) is 9.58. The van der Waals surface area contributed by atoms with Crippen molar-refractivity contribution in [2.75, 3.05) is 17.8 Å². The van der Waals surface area contributed by atoms with Gasteiger partial charge in [-0.2, -0.15) is 0 Å². The summed E-state index contributed by atoms with van der Waals surface area (Å²) < 4.78 is 34.0. The molecule has 6 atom stereocenters. The van der Waals surface area contributed by atoms with Gasteiger partial charge in [-0.3, -0.25) is 4.57 Å². The Morgan fingerprint density at radius 3 is 2.44 bits per heavy atom. The van der Waals surface area contributed by atoms with Crippen LogP contribution in [0, 0.1) is 0 Å². The van der Waals surface area contributed by atoms with Crippen LogP contribution in [0.1, 0.15) is 11.8 Å². The van der Waals surface area contributed by atoms with E-state index in [1.807, 2.05) is 30.3 Å². The fraction of sp³-hybridized carbons (Fsp3) is 0.389. The molecule has 1 fully saturated rings. The fourth-order valence-electron chi connectivity index (χ4n) is 3.49. The first-order valence-corrected chi connectivity index (χ1v) is 13.5. The third kappa shape index (κ3) is 7.89. The number of ether oxygens (including phenoxy) is 1. The summed E-state index contributed by atoms with van der Waals surface area (Å²) >= 11 is 0. The van der Waals surface area contributed by atoms with Crippen molar-refractivity contribution in [3.63, 3.8) is 0 Å². The van der Waals surface area contributed by atoms with E-state index in [9.17, 15) is 29.1 Å². The maximum absolute atomic E-state index is 11.7. The predicted octanol–water partition coefficient (Wildman–Crippen LogP) is -6.86. The Bertz CT molecular complexity index is 1250. The summed E-state index contributed by atoms with van der Waals surface area (Å²) in [7, 11) is -10.1. The molecule has 0 aliphatic carbocycles. The molecule has 4 rings (SSSR count). The van der Waals surface area contributed by atoms with Crippen molar-refractivity contribution in [2.24, 2.45) is 0 Å². The molecule has 1 aromatic carbocycles. The van der Waals surface area contributed by atoms with Crippen molar-refractivity contribution in [3.8, 4) is 0 Å². The zero-order chi connectivity index (χ0) is 24.5. The van der Waals surface area contributed by atoms with Crippen molar-refractivity contribution in [3.05, 3.63) is 48.5 Å². The Hall–Kier alpha value is -0.250. The number of rotatable bonds is 9. The van der Waals surface area contributed by atoms with E-state index in [1.54, 1.807) is 0 Å². The smallest absolute Gasteiger partial charge is 0.778 e. The Balaban J connectivity index is 0.00000228. The Morgan fingerprint density at radius 2 is 1.78 bits per heavy atom. The van der Waals surface area contributed by atoms with Crippen LogP contribution in [0.3, 0.4) is 0 Å². The summed E-state index contributed by atoms with van der Waals surface area (Å²) in [6.07, 6.45) is -2.96. The summed E-state index contributed by atoms with van der Waals surface area (Å²) in [5, 5.41) is 23.9. The summed E-state index contributed by atoms with van der Waals surface area (Å²) in [4.78, 5) is 43.9. The molecule has 1 aliphatic rings. The normalized spacial score (nSPS) is 24.8. The number of imidazole rings is 1. The van der Waals surface area contributed by atoms with Gasteiger partial charge in [0.1, 0.15) is 39.8 Å². The van der Waals surface area contributed by atoms with Crippen molar-refractivity contribution in [1.82, 2.24) is 19.5 Å². The average Bonchev–Trinajstić information content (AvgIpc) is 3.32. The maximum atomic E-state index is 11.7. The number of aliphatic hydroxyl groups excluding tert-OH is 2. The number of nitrogens with zero attached hydrogens (tertiary/aromatic N) is 4. The SMILES string of the molecule is O=P([O-])(O)CP(=O)([O-])OCC1OC(n2cnc3c(NCc4ccccc4)ncnc32)C(O)C1O.[Na+].[Na+]. The molecule has 3 heterocycles. The van der Waals surface area contributed by atoms with Gasteiger partial charge in [-0.25, -0.2) is 15.0 Å². The van der Waals surface area contributed by atoms with Crippen LogP contribution in [0.2, 0.25) is 0 Å². The predicted molar refractivity (Wildman–Crippen MR) is 113 cm³/mol. The van der Waals surface area contributed by atoms with Crippen LogP contribution in [0.25, 0.3) is 11.2 Å². The molecule has 0 radical (unpaired) electrons. The molecule has 0 bridgehead atoms. The third-order valence-corrected chi connectivity index (χ3v) is 8.42. The molecule has 184 valence electrons. The molecular weight excluding hydrogens is 538 g/mol. The van der Waals surface area contributed by atoms with Crippen molar-refractivity contribution >= 4 is 32.2 Å². The first-order valence-electron chi connectivity index (χ1n) is 9.98. The molecule has 4 N–H and O–H groups in total. The molecule has 6 unspecified atom stereocenters. The van der Waals surface area contributed by atoms with E-state index in [0.29, 0.717) is 17.9 Å². The first-order chi connectivity index (χ1) is 16.0. The molecule has 0 saturated carbocycles. The van der Waals surface area contributed by atoms with E-state index >= 15 is 0 Å². The first kappa shape index (κ1) is 32.0. The minimum atomic E-state index is -5.12. The van der Waals surface area contributed by atoms with Gasteiger partial charge in [0, 0.05) is 6.54 Å². The Labute approximate surface area is 249 Å². The van der Waals surface area contributed by atoms with Gasteiger partial charge in [-0.15, -0.1) is 0 Å². The second-order valence-electron chi connectivity index (χ2n) is 7.62. The average molecular weight is 559 g/mol. The van der Waals surface area contributed by atoms with Gasteiger partial charge in [-0.1, -0.05) is 30.3 Å². The standard InChI is InChI=1S/C18H23N5O9P2.2Na/c24-14-12(7-31-34(29,30)10-33(26,27)28)32-18(15(14)25)23-9-22-13-16(20-8-21-17(13)23)19-6-11-4-2-1-3-5-11;;/h1-5,8-9,12,14-15,18,24-25H,6-7,10H2,(H,29,30)(H,19,20,21)(H2,26,27,28);;/q;2*+1/p-2. The van der Waals surface area contributed by atoms with Crippen molar-refractivity contribution in [1.29, 1.82) is 0 Å². The van der Waals surface area contributed by atoms with Gasteiger partial charge < -0.3 is 48.6 Å². The van der Waals surface area contributed by atoms with Crippen LogP contribution in [0.15, 0.2) is 43.0 Å². The van der Waals surface area contributed by atoms with Crippen molar-refractivity contribution in [2.45, 2.75) is 31.1 Å². The summed E-state index contributed by atoms with van der Waals surface area (Å²) in [5.74, 6) is -1.17. The van der Waals surface area contributed by atoms with E-state index in [4.69, 9.17) is 9.63 Å². The molecule has 0 amide bonds. The zero-order valence-electron chi connectivity index (χ0n) is 19.4. The molecular formula is C18H21N5Na2O9P2. The van der Waals surface area contributed by atoms with E-state index in [0.717, 1.165) is 5.56 Å². The van der Waals surface area contributed by atoms with Crippen LogP contribution in [0.4, 0.5) is 5.82 Å². The largest absolute Gasteiger partial charge is 1.00 e. The molecule has 0 spiro atoms. The van der Waals surface area contributed by atoms with Gasteiger partial charge >= 0.3 is 59.1 Å². The number of nitrogens with one attached hydrogen (secondary N) is 1. The Kier molecular flexibility index (Phi) is 11.7. The van der Waals surface area contributed by atoms with Gasteiger partial charge in [0.15, 0.2) is 23.2 Å². The molecule has 14 nitrogen and oxygen atoms in total. The molecule has 36 heavy (non-hydrogen) atoms. The summed E-state index contributed by atoms with van der Waals surface area (Å²) in [5.41, 5.74) is 1.67. The fourth-order valence-corrected chi connectivity index (χ4v) is 5.94. The topological polar surface area (TPSA) is 215 Å². The van der Waals surface area contributed by atoms with Crippen LogP contribution < -0.4 is 74.2 Å². The van der Waals surface area contributed by atoms with Gasteiger partial charge in [0.2, 0.25) is 0 Å². The molecule has 2 aromatic heterocycles. The number of fused-ring (bicyclic) bond motifs is 1. The molecule has 18 heteroatoms. The zero-order valence-corrected chi connectivity index (χ0v) is 25.2. The minimum Gasteiger partial charge on any atom is -0.778 e. The van der Waals surface area contributed by atoms with E-state index in [1.165, 1.54) is 17.2 Å². The van der Waals surface area contributed by atoms with E-state index in [-0.39, 0.29) is 64.8 Å². The second-order valence-corrected chi connectivity index (χ2v) is 11.5. The van der Waals surface area contributed by atoms with E-state index < -0.39 is 52.2 Å². The number of aliphatic hydroxyl groups is 2. The van der Waals surface area contributed by atoms with Gasteiger partial charge in [-0.05, 0) is 5.56 Å². The number of benzene rings is 1. The molecule has 1 aliphatic heterocycles. The number of hydrogen-bond donors (Lipinski definition) is 4. The quantitative estimate of drug-likeness (QED) is 0.142. The van der Waals surface area contributed by atoms with Gasteiger partial charge in [0.25, 0.3) is 0 Å². The number of hydrogen-bond acceptors (Lipinski definition) is 12. The number of aromatic nitrogens is 4. The van der Waals surface area contributed by atoms with Gasteiger partial charge in [0.05, 0.1) is 18.8 Å². The monoisotopic (exact) mass is 559 g/mol. The van der Waals surface area contributed by atoms with Crippen LogP contribution >= 0.6 is 15.2 Å². The summed E-state index contributed by atoms with van der Waals surface area (Å²) in [6.45, 7) is -0.305. The van der Waals surface area contributed by atoms with Crippen LogP contribution in [-0.4, -0.2) is 65.4 Å². The van der Waals surface area contributed by atoms with Crippen LogP contribution in [-0.2, 0) is 24.9 Å². The molecule has 1 saturated heterocycles. The number of anilines is 1. The van der Waals surface area contributed by atoms with Crippen molar-refractivity contribution < 1.29 is 102 Å². The maximum Gasteiger partial charge on any atom is 1.00 e. The second kappa shape index (κ2) is 13.2. The molecule has 3 aromatic rings. The third-order valence-electron chi connectivity index (χ3n) is 5.06. The van der Waals surface area contributed by atoms with E-state index in [2.05, 4.69) is 24.8 Å². The van der Waals surface area contributed by atoms with Crippen LogP contribution in [0.5, 0.6) is 0 Å². The Morgan fingerprint density at radius 1 is 1.08 bits per heavy atom. The minimum absolute atomic E-state index is 0.